The molecule has 1 amide bonds. The fraction of sp³-hybridized carbons (Fsp3) is 0.514. The van der Waals surface area contributed by atoms with Gasteiger partial charge in [-0.3, -0.25) is 4.57 Å². The van der Waals surface area contributed by atoms with Crippen molar-refractivity contribution in [3.8, 4) is 0 Å². The number of anilines is 2. The van der Waals surface area contributed by atoms with Crippen LogP contribution in [0.1, 0.15) is 136 Å². The van der Waals surface area contributed by atoms with Gasteiger partial charge in [-0.05, 0) is 86.6 Å². The van der Waals surface area contributed by atoms with Gasteiger partial charge in [-0.25, -0.2) is 4.79 Å². The quantitative estimate of drug-likeness (QED) is 0.266. The van der Waals surface area contributed by atoms with E-state index in [-0.39, 0.29) is 42.0 Å². The Morgan fingerprint density at radius 3 is 1.57 bits per heavy atom. The van der Waals surface area contributed by atoms with Crippen LogP contribution in [0.15, 0.2) is 65.5 Å². The van der Waals surface area contributed by atoms with Gasteiger partial charge in [0.15, 0.2) is 0 Å². The van der Waals surface area contributed by atoms with E-state index >= 15 is 0 Å². The number of benzene rings is 2. The Bertz CT molecular complexity index is 1470. The van der Waals surface area contributed by atoms with Crippen molar-refractivity contribution >= 4 is 32.4 Å². The second-order valence-electron chi connectivity index (χ2n) is 14.1. The van der Waals surface area contributed by atoms with Gasteiger partial charge in [-0.1, -0.05) is 103 Å². The number of rotatable bonds is 8. The van der Waals surface area contributed by atoms with E-state index in [1.165, 1.54) is 4.67 Å². The molecule has 0 bridgehead atoms. The van der Waals surface area contributed by atoms with Gasteiger partial charge < -0.3 is 18.5 Å². The second-order valence-corrected chi connectivity index (χ2v) is 16.8. The highest BCUT2D eigenvalue weighted by molar-refractivity contribution is 6.83. The van der Waals surface area contributed by atoms with Crippen molar-refractivity contribution in [3.63, 3.8) is 0 Å². The summed E-state index contributed by atoms with van der Waals surface area (Å²) in [5.74, 6) is 0.717. The van der Waals surface area contributed by atoms with Gasteiger partial charge in [-0.15, -0.1) is 4.67 Å². The van der Waals surface area contributed by atoms with Gasteiger partial charge in [0.05, 0.1) is 12.2 Å². The maximum Gasteiger partial charge on any atom is 0.650 e. The molecule has 2 heterocycles. The van der Waals surface area contributed by atoms with Crippen molar-refractivity contribution in [2.24, 2.45) is 5.10 Å². The standard InChI is InChI=1S/C37H54N4O4Si/c1-22(2)30-17-15-18-31(23(3)4)34(30)39-28(13)21-29(14)40(35-32(24(5)6)19-16-20-33(35)25(7)8)46(39)41(37(42)44-27(11)12)38-36(45-46)43-26(9)10/h15-27H,13H2,1-12,14H3/t46-/m0/s1. The molecule has 0 N–H and O–H groups in total. The molecule has 0 unspecified atom stereocenters. The third kappa shape index (κ3) is 6.30. The Kier molecular flexibility index (Phi) is 10.4. The SMILES string of the molecule is C=C1C=C(C)N(c2c(C(C)C)cccc2C(C)C)[Si@@]2(OC(OC(C)C)=NN2C(=O)OC(C)C)N1c1c(C(C)C)cccc1C(C)C. The summed E-state index contributed by atoms with van der Waals surface area (Å²) in [5, 5.41) is 4.82. The Labute approximate surface area is 278 Å². The molecule has 2 aliphatic rings. The summed E-state index contributed by atoms with van der Waals surface area (Å²) in [4.78, 5) is 14.4. The van der Waals surface area contributed by atoms with Crippen molar-refractivity contribution < 1.29 is 18.7 Å². The highest BCUT2D eigenvalue weighted by Gasteiger charge is 2.70. The Morgan fingerprint density at radius 2 is 1.17 bits per heavy atom. The van der Waals surface area contributed by atoms with Crippen molar-refractivity contribution in [3.05, 3.63) is 82.7 Å². The van der Waals surface area contributed by atoms with Crippen LogP contribution in [0.2, 0.25) is 0 Å². The minimum absolute atomic E-state index is 0.0427. The first-order valence-corrected chi connectivity index (χ1v) is 18.5. The maximum atomic E-state index is 14.4. The average Bonchev–Trinajstić information content (AvgIpc) is 3.29. The summed E-state index contributed by atoms with van der Waals surface area (Å²) in [6, 6.07) is 12.9. The number of carbonyl (C=O) groups excluding carboxylic acids is 1. The Balaban J connectivity index is 2.24. The molecule has 1 spiro atoms. The third-order valence-corrected chi connectivity index (χ3v) is 11.8. The summed E-state index contributed by atoms with van der Waals surface area (Å²) in [7, 11) is -4.06. The number of carbonyl (C=O) groups is 1. The van der Waals surface area contributed by atoms with Crippen molar-refractivity contribution in [2.75, 3.05) is 9.13 Å². The van der Waals surface area contributed by atoms with Gasteiger partial charge in [0, 0.05) is 22.8 Å². The third-order valence-electron chi connectivity index (χ3n) is 8.26. The highest BCUT2D eigenvalue weighted by Crippen LogP contribution is 2.50. The van der Waals surface area contributed by atoms with Crippen LogP contribution in [0.3, 0.4) is 0 Å². The number of ether oxygens (including phenoxy) is 2. The minimum atomic E-state index is -4.06. The molecule has 2 aromatic rings. The molecule has 1 atom stereocenters. The number of para-hydroxylation sites is 2. The van der Waals surface area contributed by atoms with Gasteiger partial charge in [0.1, 0.15) is 0 Å². The van der Waals surface area contributed by atoms with Crippen LogP contribution in [0, 0.1) is 0 Å². The second kappa shape index (κ2) is 13.6. The minimum Gasteiger partial charge on any atom is -0.448 e. The lowest BCUT2D eigenvalue weighted by molar-refractivity contribution is 0.0938. The normalized spacial score (nSPS) is 18.5. The van der Waals surface area contributed by atoms with Crippen LogP contribution >= 0.6 is 0 Å². The van der Waals surface area contributed by atoms with E-state index in [0.29, 0.717) is 5.70 Å². The molecule has 4 rings (SSSR count). The maximum absolute atomic E-state index is 14.4. The molecule has 2 aliphatic heterocycles. The van der Waals surface area contributed by atoms with Crippen LogP contribution in [0.25, 0.3) is 0 Å². The first-order chi connectivity index (χ1) is 21.5. The topological polar surface area (TPSA) is 66.8 Å². The first kappa shape index (κ1) is 35.1. The summed E-state index contributed by atoms with van der Waals surface area (Å²) in [5.41, 5.74) is 8.18. The molecule has 9 heteroatoms. The van der Waals surface area contributed by atoms with Crippen LogP contribution < -0.4 is 9.13 Å². The zero-order valence-corrected chi connectivity index (χ0v) is 31.1. The Morgan fingerprint density at radius 1 is 0.739 bits per heavy atom. The number of hydrogen-bond donors (Lipinski definition) is 0. The smallest absolute Gasteiger partial charge is 0.448 e. The van der Waals surface area contributed by atoms with E-state index in [4.69, 9.17) is 19.0 Å². The van der Waals surface area contributed by atoms with Gasteiger partial charge in [0.25, 0.3) is 0 Å². The van der Waals surface area contributed by atoms with E-state index in [0.717, 1.165) is 39.3 Å². The van der Waals surface area contributed by atoms with Crippen LogP contribution in [-0.4, -0.2) is 37.9 Å². The lowest BCUT2D eigenvalue weighted by atomic mass is 9.92. The number of hydrazone groups is 1. The zero-order chi connectivity index (χ0) is 34.2. The molecule has 0 aromatic heterocycles. The molecule has 0 radical (unpaired) electrons. The molecule has 0 saturated heterocycles. The van der Waals surface area contributed by atoms with Gasteiger partial charge >= 0.3 is 21.0 Å². The van der Waals surface area contributed by atoms with Crippen molar-refractivity contribution in [1.29, 1.82) is 0 Å². The predicted octanol–water partition coefficient (Wildman–Crippen LogP) is 9.93. The van der Waals surface area contributed by atoms with Gasteiger partial charge in [-0.2, -0.15) is 0 Å². The lowest BCUT2D eigenvalue weighted by Crippen LogP contribution is -2.77. The molecule has 0 aliphatic carbocycles. The number of allylic oxidation sites excluding steroid dienone is 2. The molecule has 0 fully saturated rings. The molecule has 8 nitrogen and oxygen atoms in total. The molecule has 0 saturated carbocycles. The van der Waals surface area contributed by atoms with E-state index in [1.807, 2.05) is 27.7 Å². The van der Waals surface area contributed by atoms with Crippen molar-refractivity contribution in [1.82, 2.24) is 4.67 Å². The van der Waals surface area contributed by atoms with E-state index < -0.39 is 14.9 Å². The summed E-state index contributed by atoms with van der Waals surface area (Å²) < 4.78 is 25.2. The average molecular weight is 647 g/mol. The van der Waals surface area contributed by atoms with Crippen LogP contribution in [-0.2, 0) is 13.9 Å². The fourth-order valence-corrected chi connectivity index (χ4v) is 10.0. The molecule has 250 valence electrons. The zero-order valence-electron chi connectivity index (χ0n) is 30.1. The van der Waals surface area contributed by atoms with E-state index in [1.54, 1.807) is 0 Å². The molecular formula is C37H54N4O4Si. The number of amides is 1. The summed E-state index contributed by atoms with van der Waals surface area (Å²) in [6.45, 7) is 31.8. The Hall–Kier alpha value is -3.72. The first-order valence-electron chi connectivity index (χ1n) is 16.7. The number of hydrogen-bond acceptors (Lipinski definition) is 7. The van der Waals surface area contributed by atoms with Crippen LogP contribution in [0.5, 0.6) is 0 Å². The molecule has 46 heavy (non-hydrogen) atoms. The largest absolute Gasteiger partial charge is 0.650 e. The van der Waals surface area contributed by atoms with Crippen LogP contribution in [0.4, 0.5) is 16.2 Å². The molecule has 2 aromatic carbocycles. The summed E-state index contributed by atoms with van der Waals surface area (Å²) >= 11 is 0. The molecular weight excluding hydrogens is 593 g/mol. The summed E-state index contributed by atoms with van der Waals surface area (Å²) in [6.07, 6.45) is 0.929. The monoisotopic (exact) mass is 646 g/mol. The van der Waals surface area contributed by atoms with Crippen molar-refractivity contribution in [2.45, 2.75) is 126 Å². The van der Waals surface area contributed by atoms with Gasteiger partial charge in [0.2, 0.25) is 0 Å². The highest BCUT2D eigenvalue weighted by atomic mass is 28.4. The van der Waals surface area contributed by atoms with E-state index in [2.05, 4.69) is 120 Å². The predicted molar refractivity (Wildman–Crippen MR) is 191 cm³/mol. The van der Waals surface area contributed by atoms with E-state index in [9.17, 15) is 4.79 Å². The number of nitrogens with zero attached hydrogens (tertiary/aromatic N) is 4. The fourth-order valence-electron chi connectivity index (χ4n) is 6.31. The lowest BCUT2D eigenvalue weighted by Gasteiger charge is -2.52.